The number of hydrogen-bond donors (Lipinski definition) is 7. The quantitative estimate of drug-likeness (QED) is 0.0243. The van der Waals surface area contributed by atoms with E-state index in [4.69, 9.17) is 28.4 Å². The van der Waals surface area contributed by atoms with E-state index in [1.54, 1.807) is 60.7 Å². The van der Waals surface area contributed by atoms with Crippen molar-refractivity contribution in [3.05, 3.63) is 143 Å². The summed E-state index contributed by atoms with van der Waals surface area (Å²) in [7, 11) is 0. The number of carbonyl (C=O) groups excluding carboxylic acids is 5. The largest absolute Gasteiger partial charge is 0.504 e. The number of ketones is 5. The van der Waals surface area contributed by atoms with Crippen molar-refractivity contribution in [2.24, 2.45) is 0 Å². The average Bonchev–Trinajstić information content (AvgIpc) is 1.10. The van der Waals surface area contributed by atoms with Crippen molar-refractivity contribution >= 4 is 63.0 Å². The molecule has 3 aromatic carbocycles. The lowest BCUT2D eigenvalue weighted by Crippen LogP contribution is -2.22. The fourth-order valence-corrected chi connectivity index (χ4v) is 9.80. The van der Waals surface area contributed by atoms with Crippen LogP contribution < -0.4 is 60.3 Å². The van der Waals surface area contributed by atoms with Crippen LogP contribution in [-0.4, -0.2) is 80.2 Å². The molecule has 482 valence electrons. The minimum Gasteiger partial charge on any atom is -0.504 e. The molecule has 18 heteroatoms. The molecule has 0 aromatic heterocycles. The standard InChI is InChI=1S/C72H92N6O12/c1-7-13-19-31-85-61-37-55-56(38-62(61)86-32-20-14-8-2)74-44-50-27-28-52(70(82)68(50)80)46-76-59-41-65(89-35-23-17-11-5)66(90-36-24-18-12-6)42-60(59)78-48-54-30-29-53(71(83)72(54)84)47-77-58-40-64(88-34-22-16-10-4)63(87-33-21-15-9-3)39-57(58)75-45-51-26-25-49(43-73-55)67(79)69(51)81/h25-30,37-47,73-78,84H,7-24,31-36,48H2,1-6H3/b49-43-,50-44-,51-45-,52-46-,53-47-. The lowest BCUT2D eigenvalue weighted by atomic mass is 9.95. The Morgan fingerprint density at radius 1 is 0.311 bits per heavy atom. The molecule has 0 amide bonds. The lowest BCUT2D eigenvalue weighted by molar-refractivity contribution is -0.131. The minimum atomic E-state index is -0.781. The molecule has 7 aliphatic rings. The number of carbonyl (C=O) groups is 5. The molecule has 10 rings (SSSR count). The summed E-state index contributed by atoms with van der Waals surface area (Å²) in [6, 6.07) is 10.5. The first-order valence-electron chi connectivity index (χ1n) is 32.5. The summed E-state index contributed by atoms with van der Waals surface area (Å²) in [5.41, 5.74) is 3.35. The monoisotopic (exact) mass is 1230 g/mol. The van der Waals surface area contributed by atoms with Gasteiger partial charge in [0.1, 0.15) is 0 Å². The Bertz CT molecular complexity index is 3310. The van der Waals surface area contributed by atoms with Crippen LogP contribution in [0.25, 0.3) is 0 Å². The van der Waals surface area contributed by atoms with E-state index in [0.717, 1.165) is 116 Å². The van der Waals surface area contributed by atoms with Gasteiger partial charge in [0, 0.05) is 107 Å². The number of unbranched alkanes of at least 4 members (excludes halogenated alkanes) is 12. The molecule has 0 saturated carbocycles. The summed E-state index contributed by atoms with van der Waals surface area (Å²) in [5.74, 6) is -1.46. The fourth-order valence-electron chi connectivity index (χ4n) is 9.80. The predicted molar refractivity (Wildman–Crippen MR) is 359 cm³/mol. The Morgan fingerprint density at radius 2 is 0.533 bits per heavy atom. The molecule has 0 saturated heterocycles. The van der Waals surface area contributed by atoms with E-state index in [2.05, 4.69) is 73.4 Å². The summed E-state index contributed by atoms with van der Waals surface area (Å²) < 4.78 is 38.1. The van der Waals surface area contributed by atoms with Crippen molar-refractivity contribution in [1.29, 1.82) is 0 Å². The van der Waals surface area contributed by atoms with Crippen molar-refractivity contribution in [3.63, 3.8) is 0 Å². The van der Waals surface area contributed by atoms with Gasteiger partial charge in [0.25, 0.3) is 0 Å². The highest BCUT2D eigenvalue weighted by Gasteiger charge is 2.28. The lowest BCUT2D eigenvalue weighted by Gasteiger charge is -2.20. The van der Waals surface area contributed by atoms with E-state index in [0.29, 0.717) is 114 Å². The molecule has 0 unspecified atom stereocenters. The number of aliphatic hydroxyl groups excluding tert-OH is 1. The topological polar surface area (TPSA) is 233 Å². The first-order chi connectivity index (χ1) is 43.9. The highest BCUT2D eigenvalue weighted by atomic mass is 16.5. The minimum absolute atomic E-state index is 0.0168. The van der Waals surface area contributed by atoms with Gasteiger partial charge in [-0.05, 0) is 68.9 Å². The maximum Gasteiger partial charge on any atom is 0.235 e. The number of hydrogen-bond acceptors (Lipinski definition) is 18. The number of fused-ring (bicyclic) bond motifs is 2. The molecule has 3 aliphatic carbocycles. The molecule has 0 spiro atoms. The van der Waals surface area contributed by atoms with Crippen molar-refractivity contribution in [3.8, 4) is 34.5 Å². The molecule has 6 bridgehead atoms. The van der Waals surface area contributed by atoms with Crippen LogP contribution in [-0.2, 0) is 24.0 Å². The summed E-state index contributed by atoms with van der Waals surface area (Å²) in [6.45, 7) is 15.3. The zero-order valence-corrected chi connectivity index (χ0v) is 53.4. The second-order valence-electron chi connectivity index (χ2n) is 22.5. The zero-order chi connectivity index (χ0) is 64.0. The first-order valence-corrected chi connectivity index (χ1v) is 32.5. The average molecular weight is 1230 g/mol. The SMILES string of the molecule is CCCCCOc1cc2c(cc1OCCCCC)N/C=C1C=C/C(=C/Nc3cc(OCCCCC)c(OCCCCC)cc3NCC3=C(O)C(=O)/C(=C\Nc4cc(OCCCCC)c(OCCCCC)cc4N/C=C4C=C/C(=C/N2)C(=O)C/4=O)C=C3)C(=O)C/1=O. The van der Waals surface area contributed by atoms with Gasteiger partial charge >= 0.3 is 0 Å². The van der Waals surface area contributed by atoms with E-state index in [-0.39, 0.29) is 34.4 Å². The number of benzene rings is 3. The molecule has 4 heterocycles. The van der Waals surface area contributed by atoms with E-state index in [9.17, 15) is 29.1 Å². The van der Waals surface area contributed by atoms with Gasteiger partial charge in [0.05, 0.1) is 73.8 Å². The highest BCUT2D eigenvalue weighted by Crippen LogP contribution is 2.41. The maximum absolute atomic E-state index is 14.1. The van der Waals surface area contributed by atoms with Crippen molar-refractivity contribution in [2.75, 3.05) is 78.1 Å². The molecule has 0 fully saturated rings. The number of Topliss-reactive ketones (excluding diaryl/α,β-unsaturated/α-hetero) is 5. The Hall–Kier alpha value is -8.93. The number of aliphatic hydroxyl groups is 1. The normalized spacial score (nSPS) is 18.0. The summed E-state index contributed by atoms with van der Waals surface area (Å²) in [4.78, 5) is 70.3. The third-order valence-electron chi connectivity index (χ3n) is 15.3. The van der Waals surface area contributed by atoms with Gasteiger partial charge in [-0.25, -0.2) is 0 Å². The number of nitrogens with one attached hydrogen (secondary N) is 6. The zero-order valence-electron chi connectivity index (χ0n) is 53.4. The van der Waals surface area contributed by atoms with Gasteiger partial charge in [-0.15, -0.1) is 0 Å². The molecule has 18 nitrogen and oxygen atoms in total. The summed E-state index contributed by atoms with van der Waals surface area (Å²) in [6.07, 6.45) is 33.3. The number of anilines is 6. The van der Waals surface area contributed by atoms with Crippen LogP contribution in [0.15, 0.2) is 143 Å². The number of ether oxygens (including phenoxy) is 6. The van der Waals surface area contributed by atoms with Gasteiger partial charge in [-0.1, -0.05) is 125 Å². The number of allylic oxidation sites excluding steroid dienone is 10. The Morgan fingerprint density at radius 3 is 0.789 bits per heavy atom. The smallest absolute Gasteiger partial charge is 0.235 e. The molecule has 4 aliphatic heterocycles. The second-order valence-corrected chi connectivity index (χ2v) is 22.5. The molecule has 0 radical (unpaired) electrons. The first kappa shape index (κ1) is 68.6. The van der Waals surface area contributed by atoms with Crippen LogP contribution in [0.4, 0.5) is 34.1 Å². The van der Waals surface area contributed by atoms with Crippen LogP contribution in [0, 0.1) is 0 Å². The van der Waals surface area contributed by atoms with Crippen LogP contribution in [0.2, 0.25) is 0 Å². The Balaban J connectivity index is 1.35. The molecule has 7 N–H and O–H groups in total. The molecular formula is C72H92N6O12. The van der Waals surface area contributed by atoms with Crippen LogP contribution in [0.5, 0.6) is 34.5 Å². The Kier molecular flexibility index (Phi) is 27.8. The van der Waals surface area contributed by atoms with Crippen LogP contribution in [0.1, 0.15) is 157 Å². The maximum atomic E-state index is 14.1. The fraction of sp³-hybridized carbons (Fsp3) is 0.431. The predicted octanol–water partition coefficient (Wildman–Crippen LogP) is 15.8. The highest BCUT2D eigenvalue weighted by molar-refractivity contribution is 6.52. The van der Waals surface area contributed by atoms with Gasteiger partial charge < -0.3 is 65.4 Å². The van der Waals surface area contributed by atoms with Crippen molar-refractivity contribution in [2.45, 2.75) is 157 Å². The van der Waals surface area contributed by atoms with Crippen molar-refractivity contribution < 1.29 is 57.5 Å². The van der Waals surface area contributed by atoms with E-state index < -0.39 is 34.7 Å². The molecule has 90 heavy (non-hydrogen) atoms. The summed E-state index contributed by atoms with van der Waals surface area (Å²) >= 11 is 0. The number of rotatable bonds is 30. The van der Waals surface area contributed by atoms with E-state index in [1.165, 1.54) is 43.2 Å². The van der Waals surface area contributed by atoms with Gasteiger partial charge in [-0.3, -0.25) is 24.0 Å². The molecular weight excluding hydrogens is 1140 g/mol. The van der Waals surface area contributed by atoms with Crippen LogP contribution in [0.3, 0.4) is 0 Å². The molecule has 0 atom stereocenters. The van der Waals surface area contributed by atoms with Gasteiger partial charge in [0.2, 0.25) is 28.9 Å². The Labute approximate surface area is 531 Å². The van der Waals surface area contributed by atoms with Crippen molar-refractivity contribution in [1.82, 2.24) is 0 Å². The summed E-state index contributed by atoms with van der Waals surface area (Å²) in [5, 5.41) is 31.1. The molecule has 3 aromatic rings. The van der Waals surface area contributed by atoms with Crippen LogP contribution >= 0.6 is 0 Å². The van der Waals surface area contributed by atoms with E-state index >= 15 is 0 Å². The van der Waals surface area contributed by atoms with E-state index in [1.807, 2.05) is 0 Å². The van der Waals surface area contributed by atoms with Gasteiger partial charge in [-0.2, -0.15) is 0 Å². The third kappa shape index (κ3) is 19.8. The third-order valence-corrected chi connectivity index (χ3v) is 15.3. The van der Waals surface area contributed by atoms with Gasteiger partial charge in [0.15, 0.2) is 40.3 Å². The second kappa shape index (κ2) is 36.5.